The van der Waals surface area contributed by atoms with E-state index < -0.39 is 0 Å². The lowest BCUT2D eigenvalue weighted by Crippen LogP contribution is -2.10. The second kappa shape index (κ2) is 6.88. The highest BCUT2D eigenvalue weighted by atomic mass is 32.1. The van der Waals surface area contributed by atoms with Gasteiger partial charge in [-0.1, -0.05) is 12.1 Å². The average Bonchev–Trinajstić information content (AvgIpc) is 3.00. The number of hydrogen-bond donors (Lipinski definition) is 2. The van der Waals surface area contributed by atoms with Crippen LogP contribution in [0.4, 0.5) is 10.2 Å². The summed E-state index contributed by atoms with van der Waals surface area (Å²) in [5.41, 5.74) is 1.81. The number of rotatable bonds is 4. The van der Waals surface area contributed by atoms with Crippen LogP contribution in [0.15, 0.2) is 41.5 Å². The molecule has 0 saturated carbocycles. The Kier molecular flexibility index (Phi) is 4.41. The van der Waals surface area contributed by atoms with E-state index >= 15 is 0 Å². The van der Waals surface area contributed by atoms with E-state index in [4.69, 9.17) is 0 Å². The second-order valence-corrected chi connectivity index (χ2v) is 7.16. The van der Waals surface area contributed by atoms with Crippen molar-refractivity contribution in [3.63, 3.8) is 0 Å². The Morgan fingerprint density at radius 3 is 2.63 bits per heavy atom. The van der Waals surface area contributed by atoms with Crippen LogP contribution in [0.5, 0.6) is 0 Å². The van der Waals surface area contributed by atoms with Crippen molar-refractivity contribution in [1.29, 1.82) is 0 Å². The van der Waals surface area contributed by atoms with Crippen LogP contribution in [-0.2, 0) is 0 Å². The first-order valence-corrected chi connectivity index (χ1v) is 9.24. The molecule has 0 aliphatic heterocycles. The summed E-state index contributed by atoms with van der Waals surface area (Å²) in [6.07, 6.45) is 3.18. The van der Waals surface area contributed by atoms with Gasteiger partial charge in [-0.05, 0) is 31.5 Å². The number of fused-ring (bicyclic) bond motifs is 1. The van der Waals surface area contributed by atoms with Crippen molar-refractivity contribution in [2.45, 2.75) is 13.8 Å². The van der Waals surface area contributed by atoms with Crippen molar-refractivity contribution in [2.24, 2.45) is 0 Å². The summed E-state index contributed by atoms with van der Waals surface area (Å²) in [5.74, 6) is 0.718. The molecule has 4 rings (SSSR count). The fourth-order valence-corrected chi connectivity index (χ4v) is 3.97. The minimum atomic E-state index is -0.315. The molecule has 0 spiro atoms. The van der Waals surface area contributed by atoms with Crippen LogP contribution in [0.1, 0.15) is 11.8 Å². The van der Waals surface area contributed by atoms with Crippen LogP contribution in [-0.4, -0.2) is 26.5 Å². The van der Waals surface area contributed by atoms with Crippen molar-refractivity contribution < 1.29 is 4.39 Å². The van der Waals surface area contributed by atoms with Crippen molar-refractivity contribution >= 4 is 27.4 Å². The molecule has 0 amide bonds. The number of halogens is 1. The van der Waals surface area contributed by atoms with Gasteiger partial charge in [0.2, 0.25) is 0 Å². The predicted octanol–water partition coefficient (Wildman–Crippen LogP) is 3.99. The summed E-state index contributed by atoms with van der Waals surface area (Å²) in [6.45, 7) is 4.64. The molecule has 0 saturated heterocycles. The quantitative estimate of drug-likeness (QED) is 0.558. The van der Waals surface area contributed by atoms with Crippen LogP contribution in [0.2, 0.25) is 0 Å². The Morgan fingerprint density at radius 2 is 1.96 bits per heavy atom. The van der Waals surface area contributed by atoms with E-state index in [2.05, 4.69) is 25.3 Å². The molecule has 8 heteroatoms. The van der Waals surface area contributed by atoms with Crippen molar-refractivity contribution in [3.05, 3.63) is 57.7 Å². The maximum absolute atomic E-state index is 13.2. The molecule has 4 aromatic rings. The molecule has 0 radical (unpaired) electrons. The van der Waals surface area contributed by atoms with E-state index in [0.717, 1.165) is 22.5 Å². The number of H-pyrrole nitrogens is 1. The molecule has 27 heavy (non-hydrogen) atoms. The van der Waals surface area contributed by atoms with Gasteiger partial charge < -0.3 is 10.3 Å². The van der Waals surface area contributed by atoms with Gasteiger partial charge in [-0.25, -0.2) is 19.3 Å². The Balaban J connectivity index is 1.83. The van der Waals surface area contributed by atoms with E-state index in [1.165, 1.54) is 23.5 Å². The van der Waals surface area contributed by atoms with Crippen LogP contribution in [0.25, 0.3) is 32.9 Å². The fourth-order valence-electron chi connectivity index (χ4n) is 2.93. The van der Waals surface area contributed by atoms with Gasteiger partial charge in [-0.15, -0.1) is 11.3 Å². The minimum absolute atomic E-state index is 0.253. The molecule has 0 atom stereocenters. The SMILES string of the molecule is CCNc1cnc(-c2nc3sc(C)c(-c4ccc(F)cc4)c3c(=O)[nH]2)cn1. The first-order valence-electron chi connectivity index (χ1n) is 8.42. The number of thiophene rings is 1. The van der Waals surface area contributed by atoms with Gasteiger partial charge in [-0.2, -0.15) is 0 Å². The van der Waals surface area contributed by atoms with Crippen molar-refractivity contribution in [3.8, 4) is 22.6 Å². The number of aromatic amines is 1. The summed E-state index contributed by atoms with van der Waals surface area (Å²) in [6, 6.07) is 6.11. The van der Waals surface area contributed by atoms with E-state index in [-0.39, 0.29) is 11.4 Å². The molecule has 0 bridgehead atoms. The molecule has 1 aromatic carbocycles. The molecule has 3 aromatic heterocycles. The highest BCUT2D eigenvalue weighted by Crippen LogP contribution is 2.36. The maximum Gasteiger partial charge on any atom is 0.260 e. The summed E-state index contributed by atoms with van der Waals surface area (Å²) in [5, 5.41) is 3.57. The number of aryl methyl sites for hydroxylation is 1. The summed E-state index contributed by atoms with van der Waals surface area (Å²) >= 11 is 1.43. The number of nitrogens with zero attached hydrogens (tertiary/aromatic N) is 3. The molecule has 0 fully saturated rings. The van der Waals surface area contributed by atoms with Gasteiger partial charge >= 0.3 is 0 Å². The lowest BCUT2D eigenvalue weighted by molar-refractivity contribution is 0.628. The number of nitrogens with one attached hydrogen (secondary N) is 2. The monoisotopic (exact) mass is 381 g/mol. The normalized spacial score (nSPS) is 11.1. The van der Waals surface area contributed by atoms with Gasteiger partial charge in [0.05, 0.1) is 17.8 Å². The fraction of sp³-hybridized carbons (Fsp3) is 0.158. The molecule has 2 N–H and O–H groups in total. The average molecular weight is 381 g/mol. The van der Waals surface area contributed by atoms with Crippen LogP contribution < -0.4 is 10.9 Å². The third-order valence-electron chi connectivity index (χ3n) is 4.12. The van der Waals surface area contributed by atoms with Gasteiger partial charge in [0, 0.05) is 17.0 Å². The topological polar surface area (TPSA) is 83.6 Å². The van der Waals surface area contributed by atoms with E-state index in [1.54, 1.807) is 24.5 Å². The first kappa shape index (κ1) is 17.3. The Morgan fingerprint density at radius 1 is 1.19 bits per heavy atom. The molecule has 136 valence electrons. The molecule has 0 unspecified atom stereocenters. The lowest BCUT2D eigenvalue weighted by Gasteiger charge is -2.04. The Hall–Kier alpha value is -3.13. The predicted molar refractivity (Wildman–Crippen MR) is 106 cm³/mol. The van der Waals surface area contributed by atoms with Crippen LogP contribution in [0, 0.1) is 12.7 Å². The van der Waals surface area contributed by atoms with Gasteiger partial charge in [0.1, 0.15) is 22.2 Å². The van der Waals surface area contributed by atoms with Crippen LogP contribution >= 0.6 is 11.3 Å². The number of anilines is 1. The largest absolute Gasteiger partial charge is 0.369 e. The number of hydrogen-bond acceptors (Lipinski definition) is 6. The Bertz CT molecular complexity index is 1170. The summed E-state index contributed by atoms with van der Waals surface area (Å²) in [4.78, 5) is 30.3. The zero-order valence-electron chi connectivity index (χ0n) is 14.7. The highest BCUT2D eigenvalue weighted by Gasteiger charge is 2.17. The summed E-state index contributed by atoms with van der Waals surface area (Å²) in [7, 11) is 0. The maximum atomic E-state index is 13.2. The number of benzene rings is 1. The molecular formula is C19H16FN5OS. The molecule has 0 aliphatic carbocycles. The Labute approximate surface area is 158 Å². The van der Waals surface area contributed by atoms with E-state index in [1.807, 2.05) is 13.8 Å². The van der Waals surface area contributed by atoms with E-state index in [9.17, 15) is 9.18 Å². The van der Waals surface area contributed by atoms with Gasteiger partial charge in [0.25, 0.3) is 5.56 Å². The zero-order valence-corrected chi connectivity index (χ0v) is 15.5. The highest BCUT2D eigenvalue weighted by molar-refractivity contribution is 7.19. The standard InChI is InChI=1S/C19H16FN5OS/c1-3-21-14-9-22-13(8-23-14)17-24-18(26)16-15(10(2)27-19(16)25-17)11-4-6-12(20)7-5-11/h4-9H,3H2,1-2H3,(H,21,23)(H,24,25,26). The minimum Gasteiger partial charge on any atom is -0.369 e. The first-order chi connectivity index (χ1) is 13.1. The smallest absolute Gasteiger partial charge is 0.260 e. The lowest BCUT2D eigenvalue weighted by atomic mass is 10.0. The van der Waals surface area contributed by atoms with Gasteiger partial charge in [-0.3, -0.25) is 4.79 Å². The number of aromatic nitrogens is 4. The second-order valence-electron chi connectivity index (χ2n) is 5.95. The zero-order chi connectivity index (χ0) is 19.0. The van der Waals surface area contributed by atoms with Gasteiger partial charge in [0.15, 0.2) is 5.82 Å². The molecule has 0 aliphatic rings. The van der Waals surface area contributed by atoms with E-state index in [0.29, 0.717) is 27.6 Å². The molecular weight excluding hydrogens is 365 g/mol. The molecule has 3 heterocycles. The third-order valence-corrected chi connectivity index (χ3v) is 5.12. The molecule has 6 nitrogen and oxygen atoms in total. The van der Waals surface area contributed by atoms with Crippen LogP contribution in [0.3, 0.4) is 0 Å². The third kappa shape index (κ3) is 3.19. The summed E-state index contributed by atoms with van der Waals surface area (Å²) < 4.78 is 13.2. The van der Waals surface area contributed by atoms with Crippen molar-refractivity contribution in [1.82, 2.24) is 19.9 Å². The van der Waals surface area contributed by atoms with Crippen molar-refractivity contribution in [2.75, 3.05) is 11.9 Å².